The van der Waals surface area contributed by atoms with Crippen LogP contribution in [0.3, 0.4) is 0 Å². The van der Waals surface area contributed by atoms with Gasteiger partial charge < -0.3 is 5.11 Å². The second kappa shape index (κ2) is 6.28. The van der Waals surface area contributed by atoms with E-state index in [0.29, 0.717) is 6.42 Å². The van der Waals surface area contributed by atoms with Crippen molar-refractivity contribution < 1.29 is 9.90 Å². The minimum Gasteiger partial charge on any atom is -0.481 e. The maximum absolute atomic E-state index is 10.3. The molecule has 0 bridgehead atoms. The Morgan fingerprint density at radius 1 is 1.47 bits per heavy atom. The zero-order valence-electron chi connectivity index (χ0n) is 8.75. The highest BCUT2D eigenvalue weighted by Gasteiger charge is 2.02. The van der Waals surface area contributed by atoms with Crippen LogP contribution < -0.4 is 0 Å². The fraction of sp³-hybridized carbons (Fsp3) is 0.545. The van der Waals surface area contributed by atoms with E-state index >= 15 is 0 Å². The molecule has 1 rings (SSSR count). The van der Waals surface area contributed by atoms with Gasteiger partial charge in [0.1, 0.15) is 0 Å². The Morgan fingerprint density at radius 2 is 2.20 bits per heavy atom. The number of aliphatic carboxylic acids is 1. The SMILES string of the molecule is Cc1sc(CCCCCC(=O)O)cc1Br. The van der Waals surface area contributed by atoms with Crippen LogP contribution in [-0.2, 0) is 11.2 Å². The molecule has 0 aliphatic rings. The Morgan fingerprint density at radius 3 is 2.73 bits per heavy atom. The molecule has 0 aromatic carbocycles. The molecule has 1 aromatic rings. The van der Waals surface area contributed by atoms with Crippen LogP contribution >= 0.6 is 27.3 Å². The van der Waals surface area contributed by atoms with Crippen LogP contribution in [0.5, 0.6) is 0 Å². The van der Waals surface area contributed by atoms with Crippen molar-refractivity contribution in [2.45, 2.75) is 39.0 Å². The van der Waals surface area contributed by atoms with Crippen LogP contribution in [0, 0.1) is 6.92 Å². The summed E-state index contributed by atoms with van der Waals surface area (Å²) in [6.07, 6.45) is 4.24. The van der Waals surface area contributed by atoms with Gasteiger partial charge in [0, 0.05) is 20.6 Å². The fourth-order valence-electron chi connectivity index (χ4n) is 1.39. The number of aryl methyl sites for hydroxylation is 2. The van der Waals surface area contributed by atoms with E-state index < -0.39 is 5.97 Å². The molecular formula is C11H15BrO2S. The molecule has 0 aliphatic heterocycles. The summed E-state index contributed by atoms with van der Waals surface area (Å²) in [6, 6.07) is 2.16. The predicted octanol–water partition coefficient (Wildman–Crippen LogP) is 4.01. The molecule has 0 amide bonds. The molecule has 0 atom stereocenters. The topological polar surface area (TPSA) is 37.3 Å². The average molecular weight is 291 g/mol. The number of thiophene rings is 1. The predicted molar refractivity (Wildman–Crippen MR) is 66.6 cm³/mol. The fourth-order valence-corrected chi connectivity index (χ4v) is 3.04. The maximum Gasteiger partial charge on any atom is 0.303 e. The van der Waals surface area contributed by atoms with Gasteiger partial charge in [-0.1, -0.05) is 6.42 Å². The van der Waals surface area contributed by atoms with Gasteiger partial charge in [0.05, 0.1) is 0 Å². The molecule has 0 saturated carbocycles. The number of hydrogen-bond donors (Lipinski definition) is 1. The number of carbonyl (C=O) groups is 1. The van der Waals surface area contributed by atoms with Crippen LogP contribution in [0.1, 0.15) is 35.4 Å². The quantitative estimate of drug-likeness (QED) is 0.804. The molecule has 0 spiro atoms. The number of unbranched alkanes of at least 4 members (excludes halogenated alkanes) is 2. The summed E-state index contributed by atoms with van der Waals surface area (Å²) in [5, 5.41) is 8.47. The van der Waals surface area contributed by atoms with E-state index in [1.807, 2.05) is 11.3 Å². The van der Waals surface area contributed by atoms with Gasteiger partial charge in [-0.3, -0.25) is 4.79 Å². The van der Waals surface area contributed by atoms with Gasteiger partial charge in [-0.25, -0.2) is 0 Å². The van der Waals surface area contributed by atoms with Gasteiger partial charge in [-0.05, 0) is 48.2 Å². The van der Waals surface area contributed by atoms with Crippen molar-refractivity contribution in [2.75, 3.05) is 0 Å². The molecule has 0 aliphatic carbocycles. The van der Waals surface area contributed by atoms with Crippen molar-refractivity contribution in [3.8, 4) is 0 Å². The van der Waals surface area contributed by atoms with Gasteiger partial charge >= 0.3 is 5.97 Å². The van der Waals surface area contributed by atoms with Crippen molar-refractivity contribution in [1.29, 1.82) is 0 Å². The third-order valence-electron chi connectivity index (χ3n) is 2.22. The lowest BCUT2D eigenvalue weighted by molar-refractivity contribution is -0.137. The van der Waals surface area contributed by atoms with Crippen LogP contribution in [0.4, 0.5) is 0 Å². The zero-order valence-corrected chi connectivity index (χ0v) is 11.2. The molecule has 1 heterocycles. The highest BCUT2D eigenvalue weighted by Crippen LogP contribution is 2.27. The molecule has 4 heteroatoms. The Bertz CT molecular complexity index is 314. The van der Waals surface area contributed by atoms with E-state index in [2.05, 4.69) is 28.9 Å². The lowest BCUT2D eigenvalue weighted by Gasteiger charge is -1.97. The summed E-state index contributed by atoms with van der Waals surface area (Å²) >= 11 is 5.31. The van der Waals surface area contributed by atoms with Crippen LogP contribution in [0.15, 0.2) is 10.5 Å². The smallest absolute Gasteiger partial charge is 0.303 e. The normalized spacial score (nSPS) is 10.5. The van der Waals surface area contributed by atoms with E-state index in [0.717, 1.165) is 25.7 Å². The molecule has 84 valence electrons. The third kappa shape index (κ3) is 4.80. The average Bonchev–Trinajstić information content (AvgIpc) is 2.45. The zero-order chi connectivity index (χ0) is 11.3. The van der Waals surface area contributed by atoms with E-state index in [1.165, 1.54) is 14.2 Å². The summed E-state index contributed by atoms with van der Waals surface area (Å²) in [5.41, 5.74) is 0. The summed E-state index contributed by atoms with van der Waals surface area (Å²) in [7, 11) is 0. The van der Waals surface area contributed by atoms with Gasteiger partial charge in [-0.2, -0.15) is 0 Å². The standard InChI is InChI=1S/C11H15BrO2S/c1-8-10(12)7-9(15-8)5-3-2-4-6-11(13)14/h7H,2-6H2,1H3,(H,13,14). The van der Waals surface area contributed by atoms with Gasteiger partial charge in [0.2, 0.25) is 0 Å². The first-order valence-electron chi connectivity index (χ1n) is 5.06. The Balaban J connectivity index is 2.18. The van der Waals surface area contributed by atoms with Gasteiger partial charge in [0.15, 0.2) is 0 Å². The molecule has 0 unspecified atom stereocenters. The van der Waals surface area contributed by atoms with E-state index in [-0.39, 0.29) is 0 Å². The lowest BCUT2D eigenvalue weighted by atomic mass is 10.1. The Labute approximate surface area is 102 Å². The largest absolute Gasteiger partial charge is 0.481 e. The van der Waals surface area contributed by atoms with Crippen molar-refractivity contribution in [2.24, 2.45) is 0 Å². The van der Waals surface area contributed by atoms with Crippen LogP contribution in [0.25, 0.3) is 0 Å². The minimum absolute atomic E-state index is 0.299. The first kappa shape index (κ1) is 12.7. The molecular weight excluding hydrogens is 276 g/mol. The molecule has 0 radical (unpaired) electrons. The third-order valence-corrected chi connectivity index (χ3v) is 4.42. The van der Waals surface area contributed by atoms with Crippen molar-refractivity contribution in [1.82, 2.24) is 0 Å². The molecule has 1 aromatic heterocycles. The van der Waals surface area contributed by atoms with E-state index in [4.69, 9.17) is 5.11 Å². The molecule has 2 nitrogen and oxygen atoms in total. The second-order valence-electron chi connectivity index (χ2n) is 3.57. The van der Waals surface area contributed by atoms with Crippen molar-refractivity contribution >= 4 is 33.2 Å². The van der Waals surface area contributed by atoms with Crippen molar-refractivity contribution in [3.05, 3.63) is 20.3 Å². The van der Waals surface area contributed by atoms with Crippen LogP contribution in [0.2, 0.25) is 0 Å². The minimum atomic E-state index is -0.690. The van der Waals surface area contributed by atoms with Crippen LogP contribution in [-0.4, -0.2) is 11.1 Å². The van der Waals surface area contributed by atoms with Crippen molar-refractivity contribution in [3.63, 3.8) is 0 Å². The highest BCUT2D eigenvalue weighted by atomic mass is 79.9. The summed E-state index contributed by atoms with van der Waals surface area (Å²) in [5.74, 6) is -0.690. The lowest BCUT2D eigenvalue weighted by Crippen LogP contribution is -1.93. The van der Waals surface area contributed by atoms with E-state index in [1.54, 1.807) is 0 Å². The molecule has 0 fully saturated rings. The first-order valence-corrected chi connectivity index (χ1v) is 6.67. The molecule has 1 N–H and O–H groups in total. The number of halogens is 1. The monoisotopic (exact) mass is 290 g/mol. The summed E-state index contributed by atoms with van der Waals surface area (Å²) in [6.45, 7) is 2.10. The maximum atomic E-state index is 10.3. The van der Waals surface area contributed by atoms with Gasteiger partial charge in [-0.15, -0.1) is 11.3 Å². The Hall–Kier alpha value is -0.350. The van der Waals surface area contributed by atoms with Gasteiger partial charge in [0.25, 0.3) is 0 Å². The summed E-state index contributed by atoms with van der Waals surface area (Å²) < 4.78 is 1.19. The molecule has 15 heavy (non-hydrogen) atoms. The number of carboxylic acids is 1. The highest BCUT2D eigenvalue weighted by molar-refractivity contribution is 9.10. The number of carboxylic acid groups (broad SMARTS) is 1. The second-order valence-corrected chi connectivity index (χ2v) is 5.77. The number of hydrogen-bond acceptors (Lipinski definition) is 2. The first-order chi connectivity index (χ1) is 7.09. The number of rotatable bonds is 6. The Kier molecular flexibility index (Phi) is 5.32. The summed E-state index contributed by atoms with van der Waals surface area (Å²) in [4.78, 5) is 13.0. The van der Waals surface area contributed by atoms with E-state index in [9.17, 15) is 4.79 Å². The molecule has 0 saturated heterocycles.